The van der Waals surface area contributed by atoms with Gasteiger partial charge in [0.2, 0.25) is 0 Å². The molecule has 0 atom stereocenters. The monoisotopic (exact) mass is 255 g/mol. The first kappa shape index (κ1) is 13.6. The summed E-state index contributed by atoms with van der Waals surface area (Å²) in [5, 5.41) is 10.8. The molecule has 92 valence electrons. The molecule has 0 aliphatic heterocycles. The van der Waals surface area contributed by atoms with Gasteiger partial charge in [-0.05, 0) is 12.8 Å². The van der Waals surface area contributed by atoms with Gasteiger partial charge in [0.1, 0.15) is 0 Å². The molecule has 0 bridgehead atoms. The summed E-state index contributed by atoms with van der Waals surface area (Å²) < 4.78 is 0. The number of rotatable bonds is 6. The first-order valence-corrected chi connectivity index (χ1v) is 6.00. The maximum Gasteiger partial charge on any atom is 0.273 e. The molecule has 5 heteroatoms. The van der Waals surface area contributed by atoms with E-state index in [0.29, 0.717) is 36.3 Å². The molecule has 0 saturated carbocycles. The molecular weight excluding hydrogens is 242 g/mol. The number of carbonyl (C=O) groups excluding carboxylic acids is 1. The van der Waals surface area contributed by atoms with Crippen LogP contribution in [0.4, 0.5) is 5.69 Å². The molecule has 0 aliphatic rings. The van der Waals surface area contributed by atoms with E-state index in [-0.39, 0.29) is 11.5 Å². The second-order valence-corrected chi connectivity index (χ2v) is 4.05. The minimum absolute atomic E-state index is 0.0178. The van der Waals surface area contributed by atoms with Crippen LogP contribution in [0.5, 0.6) is 0 Å². The van der Waals surface area contributed by atoms with Gasteiger partial charge in [0.15, 0.2) is 5.78 Å². The lowest BCUT2D eigenvalue weighted by molar-refractivity contribution is -0.385. The lowest BCUT2D eigenvalue weighted by Gasteiger charge is -2.03. The molecule has 0 spiro atoms. The largest absolute Gasteiger partial charge is 0.294 e. The van der Waals surface area contributed by atoms with Gasteiger partial charge in [-0.3, -0.25) is 14.9 Å². The summed E-state index contributed by atoms with van der Waals surface area (Å²) in [5.74, 6) is 0.317. The molecule has 0 heterocycles. The third-order valence-electron chi connectivity index (χ3n) is 2.52. The van der Waals surface area contributed by atoms with Gasteiger partial charge < -0.3 is 0 Å². The molecule has 1 rings (SSSR count). The summed E-state index contributed by atoms with van der Waals surface area (Å²) in [5.41, 5.74) is 1.05. The number of benzene rings is 1. The quantitative estimate of drug-likeness (QED) is 0.339. The maximum atomic E-state index is 11.7. The Morgan fingerprint density at radius 2 is 2.18 bits per heavy atom. The highest BCUT2D eigenvalue weighted by Crippen LogP contribution is 2.21. The summed E-state index contributed by atoms with van der Waals surface area (Å²) in [7, 11) is 0. The molecule has 1 aromatic carbocycles. The molecule has 17 heavy (non-hydrogen) atoms. The van der Waals surface area contributed by atoms with Crippen LogP contribution in [0, 0.1) is 10.1 Å². The summed E-state index contributed by atoms with van der Waals surface area (Å²) in [4.78, 5) is 22.1. The first-order chi connectivity index (χ1) is 8.10. The minimum Gasteiger partial charge on any atom is -0.294 e. The highest BCUT2D eigenvalue weighted by atomic mass is 35.5. The maximum absolute atomic E-state index is 11.7. The van der Waals surface area contributed by atoms with Gasteiger partial charge >= 0.3 is 0 Å². The zero-order valence-electron chi connectivity index (χ0n) is 9.61. The Morgan fingerprint density at radius 3 is 2.71 bits per heavy atom. The Hall–Kier alpha value is -1.42. The van der Waals surface area contributed by atoms with E-state index in [2.05, 4.69) is 0 Å². The number of halogens is 1. The topological polar surface area (TPSA) is 60.2 Å². The fraction of sp³-hybridized carbons (Fsp3) is 0.417. The minimum atomic E-state index is -0.447. The molecule has 0 aliphatic carbocycles. The van der Waals surface area contributed by atoms with Crippen LogP contribution in [0.15, 0.2) is 18.2 Å². The van der Waals surface area contributed by atoms with Crippen molar-refractivity contribution in [1.82, 2.24) is 0 Å². The van der Waals surface area contributed by atoms with Gasteiger partial charge in [0.25, 0.3) is 5.69 Å². The van der Waals surface area contributed by atoms with E-state index in [1.54, 1.807) is 12.1 Å². The number of carbonyl (C=O) groups is 1. The van der Waals surface area contributed by atoms with Crippen molar-refractivity contribution in [1.29, 1.82) is 0 Å². The van der Waals surface area contributed by atoms with Gasteiger partial charge in [-0.1, -0.05) is 19.1 Å². The predicted octanol–water partition coefficient (Wildman–Crippen LogP) is 3.36. The van der Waals surface area contributed by atoms with Gasteiger partial charge in [0.05, 0.1) is 4.92 Å². The van der Waals surface area contributed by atoms with Crippen molar-refractivity contribution in [2.75, 3.05) is 5.88 Å². The van der Waals surface area contributed by atoms with Crippen molar-refractivity contribution >= 4 is 23.1 Å². The van der Waals surface area contributed by atoms with Crippen LogP contribution in [0.25, 0.3) is 0 Å². The fourth-order valence-corrected chi connectivity index (χ4v) is 1.71. The van der Waals surface area contributed by atoms with Crippen molar-refractivity contribution < 1.29 is 9.72 Å². The molecule has 0 radical (unpaired) electrons. The summed E-state index contributed by atoms with van der Waals surface area (Å²) in [6.07, 6.45) is 1.49. The Balaban J connectivity index is 2.99. The molecule has 0 fully saturated rings. The zero-order valence-corrected chi connectivity index (χ0v) is 10.4. The van der Waals surface area contributed by atoms with Crippen LogP contribution < -0.4 is 0 Å². The Labute approximate surface area is 105 Å². The summed E-state index contributed by atoms with van der Waals surface area (Å²) in [6.45, 7) is 1.84. The van der Waals surface area contributed by atoms with Crippen LogP contribution in [0.2, 0.25) is 0 Å². The molecule has 0 amide bonds. The third kappa shape index (κ3) is 3.53. The van der Waals surface area contributed by atoms with E-state index in [0.717, 1.165) is 0 Å². The van der Waals surface area contributed by atoms with Crippen LogP contribution in [0.3, 0.4) is 0 Å². The molecule has 0 unspecified atom stereocenters. The Morgan fingerprint density at radius 1 is 1.47 bits per heavy atom. The van der Waals surface area contributed by atoms with E-state index in [1.165, 1.54) is 6.07 Å². The van der Waals surface area contributed by atoms with Gasteiger partial charge in [-0.15, -0.1) is 11.6 Å². The summed E-state index contributed by atoms with van der Waals surface area (Å²) in [6, 6.07) is 4.64. The number of aryl methyl sites for hydroxylation is 1. The Bertz CT molecular complexity index is 432. The molecule has 4 nitrogen and oxygen atoms in total. The second kappa shape index (κ2) is 6.35. The summed E-state index contributed by atoms with van der Waals surface area (Å²) >= 11 is 5.50. The van der Waals surface area contributed by atoms with E-state index in [1.807, 2.05) is 6.92 Å². The Kier molecular flexibility index (Phi) is 5.10. The van der Waals surface area contributed by atoms with Crippen LogP contribution >= 0.6 is 11.6 Å². The van der Waals surface area contributed by atoms with E-state index < -0.39 is 4.92 Å². The number of hydrogen-bond donors (Lipinski definition) is 0. The van der Waals surface area contributed by atoms with Gasteiger partial charge in [-0.2, -0.15) is 0 Å². The number of nitrogens with zero attached hydrogens (tertiary/aromatic N) is 1. The standard InChI is InChI=1S/C12H14ClNO3/c1-2-9-5-6-10(8-11(9)14(16)17)12(15)4-3-7-13/h5-6,8H,2-4,7H2,1H3. The number of Topliss-reactive ketones (excluding diaryl/α,β-unsaturated/α-hetero) is 1. The van der Waals surface area contributed by atoms with Crippen molar-refractivity contribution in [2.24, 2.45) is 0 Å². The third-order valence-corrected chi connectivity index (χ3v) is 2.79. The molecule has 0 aromatic heterocycles. The van der Waals surface area contributed by atoms with Crippen molar-refractivity contribution in [2.45, 2.75) is 26.2 Å². The lowest BCUT2D eigenvalue weighted by Crippen LogP contribution is -2.02. The fourth-order valence-electron chi connectivity index (χ4n) is 1.58. The molecule has 0 saturated heterocycles. The van der Waals surface area contributed by atoms with Crippen molar-refractivity contribution in [3.63, 3.8) is 0 Å². The average molecular weight is 256 g/mol. The van der Waals surface area contributed by atoms with Gasteiger partial charge in [0, 0.05) is 29.5 Å². The first-order valence-electron chi connectivity index (χ1n) is 5.46. The van der Waals surface area contributed by atoms with E-state index in [9.17, 15) is 14.9 Å². The van der Waals surface area contributed by atoms with E-state index >= 15 is 0 Å². The zero-order chi connectivity index (χ0) is 12.8. The molecular formula is C12H14ClNO3. The number of alkyl halides is 1. The normalized spacial score (nSPS) is 10.2. The molecule has 1 aromatic rings. The lowest BCUT2D eigenvalue weighted by atomic mass is 10.0. The van der Waals surface area contributed by atoms with Crippen LogP contribution in [-0.4, -0.2) is 16.6 Å². The van der Waals surface area contributed by atoms with Crippen LogP contribution in [0.1, 0.15) is 35.7 Å². The van der Waals surface area contributed by atoms with Gasteiger partial charge in [-0.25, -0.2) is 0 Å². The van der Waals surface area contributed by atoms with Crippen molar-refractivity contribution in [3.05, 3.63) is 39.4 Å². The molecule has 0 N–H and O–H groups in total. The SMILES string of the molecule is CCc1ccc(C(=O)CCCCl)cc1[N+](=O)[O-]. The number of nitro groups is 1. The highest BCUT2D eigenvalue weighted by Gasteiger charge is 2.15. The smallest absolute Gasteiger partial charge is 0.273 e. The second-order valence-electron chi connectivity index (χ2n) is 3.67. The van der Waals surface area contributed by atoms with Crippen LogP contribution in [-0.2, 0) is 6.42 Å². The average Bonchev–Trinajstić information content (AvgIpc) is 2.34. The van der Waals surface area contributed by atoms with E-state index in [4.69, 9.17) is 11.6 Å². The number of ketones is 1. The highest BCUT2D eigenvalue weighted by molar-refractivity contribution is 6.18. The van der Waals surface area contributed by atoms with Crippen molar-refractivity contribution in [3.8, 4) is 0 Å². The number of nitro benzene ring substituents is 1. The predicted molar refractivity (Wildman–Crippen MR) is 66.8 cm³/mol. The number of hydrogen-bond acceptors (Lipinski definition) is 3.